The largest absolute Gasteiger partial charge is 0.271 e. The standard InChI is InChI=1S/C30H28N2O3/c1-29(23-15-7-3-8-16-23,24-17-9-4-10-18-24)27(33)31-35-32-28(34)30(2,25-19-11-5-12-20-25)26-21-13-6-14-22-26/h3-22H,1-2H3,(H,31,33)(H,32,34). The summed E-state index contributed by atoms with van der Waals surface area (Å²) in [5, 5.41) is 0. The number of nitrogens with one attached hydrogen (secondary N) is 2. The molecule has 5 nitrogen and oxygen atoms in total. The van der Waals surface area contributed by atoms with E-state index in [-0.39, 0.29) is 0 Å². The van der Waals surface area contributed by atoms with Crippen molar-refractivity contribution in [1.29, 1.82) is 0 Å². The molecule has 0 saturated carbocycles. The van der Waals surface area contributed by atoms with Gasteiger partial charge in [0.05, 0.1) is 10.8 Å². The fourth-order valence-electron chi connectivity index (χ4n) is 4.27. The maximum Gasteiger partial charge on any atom is 0.260 e. The molecule has 0 atom stereocenters. The molecular weight excluding hydrogens is 436 g/mol. The Labute approximate surface area is 205 Å². The topological polar surface area (TPSA) is 67.4 Å². The first-order valence-corrected chi connectivity index (χ1v) is 11.5. The van der Waals surface area contributed by atoms with Gasteiger partial charge in [0.25, 0.3) is 11.8 Å². The van der Waals surface area contributed by atoms with Gasteiger partial charge in [-0.3, -0.25) is 9.59 Å². The molecule has 0 fully saturated rings. The Morgan fingerprint density at radius 2 is 0.714 bits per heavy atom. The Hall–Kier alpha value is -4.22. The molecule has 0 unspecified atom stereocenters. The number of benzene rings is 4. The fraction of sp³-hybridized carbons (Fsp3) is 0.133. The predicted molar refractivity (Wildman–Crippen MR) is 136 cm³/mol. The van der Waals surface area contributed by atoms with Crippen LogP contribution in [0.3, 0.4) is 0 Å². The van der Waals surface area contributed by atoms with Crippen LogP contribution in [-0.2, 0) is 25.4 Å². The average molecular weight is 465 g/mol. The summed E-state index contributed by atoms with van der Waals surface area (Å²) < 4.78 is 0. The minimum Gasteiger partial charge on any atom is -0.271 e. The minimum atomic E-state index is -1.03. The summed E-state index contributed by atoms with van der Waals surface area (Å²) in [4.78, 5) is 32.2. The van der Waals surface area contributed by atoms with Crippen molar-refractivity contribution in [1.82, 2.24) is 11.0 Å². The maximum absolute atomic E-state index is 13.4. The van der Waals surface area contributed by atoms with Crippen LogP contribution in [0.4, 0.5) is 0 Å². The van der Waals surface area contributed by atoms with Crippen LogP contribution in [0.25, 0.3) is 0 Å². The number of carbonyl (C=O) groups is 2. The molecule has 0 saturated heterocycles. The first kappa shape index (κ1) is 23.9. The van der Waals surface area contributed by atoms with Gasteiger partial charge in [-0.25, -0.2) is 11.0 Å². The molecule has 176 valence electrons. The van der Waals surface area contributed by atoms with E-state index in [9.17, 15) is 9.59 Å². The van der Waals surface area contributed by atoms with E-state index in [4.69, 9.17) is 4.94 Å². The minimum absolute atomic E-state index is 0.406. The quantitative estimate of drug-likeness (QED) is 0.358. The Morgan fingerprint density at radius 1 is 0.486 bits per heavy atom. The lowest BCUT2D eigenvalue weighted by Crippen LogP contribution is -2.49. The highest BCUT2D eigenvalue weighted by atomic mass is 16.8. The summed E-state index contributed by atoms with van der Waals surface area (Å²) >= 11 is 0. The van der Waals surface area contributed by atoms with Crippen LogP contribution >= 0.6 is 0 Å². The number of hydrogen-bond donors (Lipinski definition) is 2. The monoisotopic (exact) mass is 464 g/mol. The highest BCUT2D eigenvalue weighted by Gasteiger charge is 2.39. The van der Waals surface area contributed by atoms with Gasteiger partial charge in [0.2, 0.25) is 0 Å². The van der Waals surface area contributed by atoms with Crippen molar-refractivity contribution in [3.05, 3.63) is 144 Å². The molecule has 4 aromatic rings. The summed E-state index contributed by atoms with van der Waals surface area (Å²) in [6, 6.07) is 37.9. The molecule has 4 rings (SSSR count). The third-order valence-electron chi connectivity index (χ3n) is 6.60. The van der Waals surface area contributed by atoms with Crippen molar-refractivity contribution in [2.75, 3.05) is 0 Å². The summed E-state index contributed by atoms with van der Waals surface area (Å²) in [7, 11) is 0. The molecule has 0 bridgehead atoms. The van der Waals surface area contributed by atoms with Gasteiger partial charge in [-0.2, -0.15) is 4.94 Å². The van der Waals surface area contributed by atoms with Crippen LogP contribution in [0.1, 0.15) is 36.1 Å². The van der Waals surface area contributed by atoms with Crippen LogP contribution in [0, 0.1) is 0 Å². The van der Waals surface area contributed by atoms with Gasteiger partial charge in [0.15, 0.2) is 0 Å². The highest BCUT2D eigenvalue weighted by molar-refractivity contribution is 5.92. The molecule has 35 heavy (non-hydrogen) atoms. The van der Waals surface area contributed by atoms with Crippen LogP contribution in [0.5, 0.6) is 0 Å². The van der Waals surface area contributed by atoms with Gasteiger partial charge in [-0.05, 0) is 36.1 Å². The zero-order valence-corrected chi connectivity index (χ0v) is 19.8. The Kier molecular flexibility index (Phi) is 7.09. The van der Waals surface area contributed by atoms with Crippen LogP contribution in [0.2, 0.25) is 0 Å². The van der Waals surface area contributed by atoms with Gasteiger partial charge in [0.1, 0.15) is 0 Å². The van der Waals surface area contributed by atoms with Crippen molar-refractivity contribution in [3.8, 4) is 0 Å². The molecule has 0 heterocycles. The van der Waals surface area contributed by atoms with E-state index in [0.717, 1.165) is 22.3 Å². The molecule has 5 heteroatoms. The lowest BCUT2D eigenvalue weighted by Gasteiger charge is -2.31. The van der Waals surface area contributed by atoms with Gasteiger partial charge in [0, 0.05) is 0 Å². The molecule has 0 radical (unpaired) electrons. The summed E-state index contributed by atoms with van der Waals surface area (Å²) in [6.45, 7) is 3.66. The molecule has 2 amide bonds. The van der Waals surface area contributed by atoms with E-state index >= 15 is 0 Å². The fourth-order valence-corrected chi connectivity index (χ4v) is 4.27. The average Bonchev–Trinajstić information content (AvgIpc) is 2.93. The van der Waals surface area contributed by atoms with Crippen molar-refractivity contribution in [3.63, 3.8) is 0 Å². The molecule has 0 aliphatic rings. The third-order valence-corrected chi connectivity index (χ3v) is 6.60. The second-order valence-corrected chi connectivity index (χ2v) is 8.68. The Balaban J connectivity index is 1.56. The zero-order chi connectivity index (χ0) is 24.7. The van der Waals surface area contributed by atoms with Crippen molar-refractivity contribution >= 4 is 11.8 Å². The van der Waals surface area contributed by atoms with Crippen molar-refractivity contribution in [2.24, 2.45) is 0 Å². The normalized spacial score (nSPS) is 11.5. The van der Waals surface area contributed by atoms with E-state index in [1.54, 1.807) is 0 Å². The zero-order valence-electron chi connectivity index (χ0n) is 19.8. The van der Waals surface area contributed by atoms with E-state index in [1.807, 2.05) is 135 Å². The third kappa shape index (κ3) is 4.72. The first-order chi connectivity index (χ1) is 17.0. The van der Waals surface area contributed by atoms with Crippen LogP contribution in [-0.4, -0.2) is 11.8 Å². The Morgan fingerprint density at radius 3 is 0.943 bits per heavy atom. The van der Waals surface area contributed by atoms with Crippen LogP contribution < -0.4 is 11.0 Å². The SMILES string of the molecule is CC(C(=O)NONC(=O)C(C)(c1ccccc1)c1ccccc1)(c1ccccc1)c1ccccc1. The lowest BCUT2D eigenvalue weighted by molar-refractivity contribution is -0.155. The summed E-state index contributed by atoms with van der Waals surface area (Å²) in [6.07, 6.45) is 0. The van der Waals surface area contributed by atoms with Crippen LogP contribution in [0.15, 0.2) is 121 Å². The number of hydroxylamine groups is 2. The van der Waals surface area contributed by atoms with E-state index in [0.29, 0.717) is 0 Å². The number of rotatable bonds is 8. The van der Waals surface area contributed by atoms with Crippen molar-refractivity contribution in [2.45, 2.75) is 24.7 Å². The molecular formula is C30H28N2O3. The van der Waals surface area contributed by atoms with Gasteiger partial charge in [-0.1, -0.05) is 121 Å². The number of carbonyl (C=O) groups excluding carboxylic acids is 2. The Bertz CT molecular complexity index is 1080. The lowest BCUT2D eigenvalue weighted by atomic mass is 9.75. The van der Waals surface area contributed by atoms with Gasteiger partial charge in [-0.15, -0.1) is 0 Å². The van der Waals surface area contributed by atoms with E-state index < -0.39 is 22.6 Å². The molecule has 2 N–H and O–H groups in total. The number of hydrogen-bond acceptors (Lipinski definition) is 3. The second-order valence-electron chi connectivity index (χ2n) is 8.68. The molecule has 0 aliphatic carbocycles. The van der Waals surface area contributed by atoms with Crippen molar-refractivity contribution < 1.29 is 14.5 Å². The van der Waals surface area contributed by atoms with Gasteiger partial charge < -0.3 is 0 Å². The smallest absolute Gasteiger partial charge is 0.260 e. The van der Waals surface area contributed by atoms with Gasteiger partial charge >= 0.3 is 0 Å². The highest BCUT2D eigenvalue weighted by Crippen LogP contribution is 2.33. The molecule has 0 aliphatic heterocycles. The molecule has 0 aromatic heterocycles. The molecule has 0 spiro atoms. The summed E-state index contributed by atoms with van der Waals surface area (Å²) in [5.41, 5.74) is 6.06. The van der Waals surface area contributed by atoms with E-state index in [2.05, 4.69) is 11.0 Å². The second kappa shape index (κ2) is 10.4. The summed E-state index contributed by atoms with van der Waals surface area (Å²) in [5.74, 6) is -0.812. The maximum atomic E-state index is 13.4. The predicted octanol–water partition coefficient (Wildman–Crippen LogP) is 5.08. The number of amides is 2. The first-order valence-electron chi connectivity index (χ1n) is 11.5. The van der Waals surface area contributed by atoms with E-state index in [1.165, 1.54) is 0 Å². The molecule has 4 aromatic carbocycles.